The molecule has 0 aromatic heterocycles. The van der Waals surface area contributed by atoms with Gasteiger partial charge in [-0.05, 0) is 5.53 Å². The van der Waals surface area contributed by atoms with Crippen molar-refractivity contribution in [3.8, 4) is 0 Å². The third-order valence-electron chi connectivity index (χ3n) is 1.52. The maximum atomic E-state index is 7.95. The van der Waals surface area contributed by atoms with Crippen LogP contribution in [0.15, 0.2) is 5.11 Å². The van der Waals surface area contributed by atoms with E-state index in [1.54, 1.807) is 0 Å². The number of nitrogens with two attached hydrogens (primary N) is 1. The summed E-state index contributed by atoms with van der Waals surface area (Å²) in [5, 5.41) is 3.40. The molecule has 0 aromatic carbocycles. The highest BCUT2D eigenvalue weighted by Gasteiger charge is 2.23. The van der Waals surface area contributed by atoms with Crippen LogP contribution in [0.25, 0.3) is 10.4 Å². The van der Waals surface area contributed by atoms with Crippen molar-refractivity contribution in [2.45, 2.75) is 6.04 Å². The van der Waals surface area contributed by atoms with Gasteiger partial charge in [-0.15, -0.1) is 0 Å². The fourth-order valence-corrected chi connectivity index (χ4v) is 0.908. The molecule has 0 spiro atoms. The number of rotatable bonds is 3. The number of likely N-dealkylation sites (tertiary alicyclic amines) is 1. The fourth-order valence-electron chi connectivity index (χ4n) is 0.908. The van der Waals surface area contributed by atoms with Gasteiger partial charge in [0.15, 0.2) is 0 Å². The Morgan fingerprint density at radius 1 is 1.80 bits per heavy atom. The normalized spacial score (nSPS) is 19.7. The molecule has 1 fully saturated rings. The van der Waals surface area contributed by atoms with Crippen LogP contribution in [0.4, 0.5) is 0 Å². The molecule has 0 amide bonds. The number of nitrogens with one attached hydrogen (secondary N) is 1. The predicted molar refractivity (Wildman–Crippen MR) is 36.7 cm³/mol. The lowest BCUT2D eigenvalue weighted by Gasteiger charge is -2.37. The van der Waals surface area contributed by atoms with Crippen LogP contribution in [-0.4, -0.2) is 30.7 Å². The molecule has 56 valence electrons. The van der Waals surface area contributed by atoms with Crippen molar-refractivity contribution in [1.29, 1.82) is 0 Å². The minimum Gasteiger partial charge on any atom is -0.294 e. The van der Waals surface area contributed by atoms with E-state index < -0.39 is 0 Å². The number of hydrogen-bond donors (Lipinski definition) is 2. The minimum absolute atomic E-state index is 0.369. The first kappa shape index (κ1) is 7.30. The van der Waals surface area contributed by atoms with Crippen molar-refractivity contribution in [3.05, 3.63) is 10.4 Å². The molecule has 0 aliphatic carbocycles. The summed E-state index contributed by atoms with van der Waals surface area (Å²) in [6.45, 7) is 2.19. The Kier molecular flexibility index (Phi) is 2.47. The van der Waals surface area contributed by atoms with E-state index in [1.807, 2.05) is 4.90 Å². The third kappa shape index (κ3) is 1.58. The maximum absolute atomic E-state index is 7.95. The Labute approximate surface area is 58.6 Å². The summed E-state index contributed by atoms with van der Waals surface area (Å²) in [7, 11) is 0. The van der Waals surface area contributed by atoms with Gasteiger partial charge in [-0.2, -0.15) is 0 Å². The van der Waals surface area contributed by atoms with Gasteiger partial charge in [0.25, 0.3) is 0 Å². The summed E-state index contributed by atoms with van der Waals surface area (Å²) in [5.41, 5.74) is 10.6. The second-order valence-corrected chi connectivity index (χ2v) is 2.27. The van der Waals surface area contributed by atoms with Gasteiger partial charge in [-0.1, -0.05) is 5.11 Å². The smallest absolute Gasteiger partial charge is 0.0775 e. The molecule has 1 heterocycles. The first-order valence-corrected chi connectivity index (χ1v) is 3.06. The average molecular weight is 142 g/mol. The van der Waals surface area contributed by atoms with Crippen molar-refractivity contribution in [2.24, 2.45) is 11.0 Å². The lowest BCUT2D eigenvalue weighted by molar-refractivity contribution is 0.131. The van der Waals surface area contributed by atoms with Crippen LogP contribution >= 0.6 is 0 Å². The molecular formula is C4H10N6. The highest BCUT2D eigenvalue weighted by molar-refractivity contribution is 4.83. The van der Waals surface area contributed by atoms with E-state index in [9.17, 15) is 0 Å². The molecule has 0 atom stereocenters. The van der Waals surface area contributed by atoms with Gasteiger partial charge in [0.05, 0.1) is 6.67 Å². The number of nitrogens with zero attached hydrogens (tertiary/aromatic N) is 4. The van der Waals surface area contributed by atoms with Crippen molar-refractivity contribution in [2.75, 3.05) is 19.8 Å². The van der Waals surface area contributed by atoms with Crippen LogP contribution in [0.1, 0.15) is 0 Å². The largest absolute Gasteiger partial charge is 0.294 e. The molecule has 1 aliphatic heterocycles. The molecule has 1 rings (SSSR count). The van der Waals surface area contributed by atoms with Crippen LogP contribution in [0.5, 0.6) is 0 Å². The van der Waals surface area contributed by atoms with Gasteiger partial charge in [0, 0.05) is 24.0 Å². The topological polar surface area (TPSA) is 90.0 Å². The lowest BCUT2D eigenvalue weighted by Crippen LogP contribution is -2.59. The van der Waals surface area contributed by atoms with Crippen molar-refractivity contribution < 1.29 is 0 Å². The lowest BCUT2D eigenvalue weighted by atomic mass is 10.1. The van der Waals surface area contributed by atoms with E-state index in [2.05, 4.69) is 15.5 Å². The monoisotopic (exact) mass is 142 g/mol. The fraction of sp³-hybridized carbons (Fsp3) is 1.00. The predicted octanol–water partition coefficient (Wildman–Crippen LogP) is -0.598. The summed E-state index contributed by atoms with van der Waals surface area (Å²) in [4.78, 5) is 4.64. The highest BCUT2D eigenvalue weighted by atomic mass is 15.4. The highest BCUT2D eigenvalue weighted by Crippen LogP contribution is 2.05. The molecule has 1 saturated heterocycles. The summed E-state index contributed by atoms with van der Waals surface area (Å²) in [6.07, 6.45) is 0. The van der Waals surface area contributed by atoms with Crippen LogP contribution < -0.4 is 11.3 Å². The molecule has 3 N–H and O–H groups in total. The number of azide groups is 1. The average Bonchev–Trinajstić information content (AvgIpc) is 1.86. The summed E-state index contributed by atoms with van der Waals surface area (Å²) >= 11 is 0. The maximum Gasteiger partial charge on any atom is 0.0775 e. The van der Waals surface area contributed by atoms with Crippen molar-refractivity contribution >= 4 is 0 Å². The van der Waals surface area contributed by atoms with Gasteiger partial charge in [-0.3, -0.25) is 16.2 Å². The van der Waals surface area contributed by atoms with E-state index in [0.29, 0.717) is 12.7 Å². The molecule has 0 saturated carbocycles. The Morgan fingerprint density at radius 2 is 2.50 bits per heavy atom. The second-order valence-electron chi connectivity index (χ2n) is 2.27. The zero-order valence-corrected chi connectivity index (χ0v) is 5.56. The van der Waals surface area contributed by atoms with E-state index in [0.717, 1.165) is 13.1 Å². The van der Waals surface area contributed by atoms with Gasteiger partial charge in [0.1, 0.15) is 0 Å². The van der Waals surface area contributed by atoms with Gasteiger partial charge >= 0.3 is 0 Å². The molecule has 0 bridgehead atoms. The molecule has 0 unspecified atom stereocenters. The molecule has 10 heavy (non-hydrogen) atoms. The minimum atomic E-state index is 0.369. The number of hydrogen-bond acceptors (Lipinski definition) is 4. The second kappa shape index (κ2) is 3.38. The summed E-state index contributed by atoms with van der Waals surface area (Å²) in [6, 6.07) is 0.369. The Morgan fingerprint density at radius 3 is 3.00 bits per heavy atom. The number of hydrazine groups is 1. The molecule has 6 nitrogen and oxygen atoms in total. The van der Waals surface area contributed by atoms with E-state index in [-0.39, 0.29) is 0 Å². The summed E-state index contributed by atoms with van der Waals surface area (Å²) < 4.78 is 0. The Hall–Kier alpha value is -0.810. The van der Waals surface area contributed by atoms with E-state index in [4.69, 9.17) is 11.4 Å². The van der Waals surface area contributed by atoms with Crippen molar-refractivity contribution in [1.82, 2.24) is 10.3 Å². The standard InChI is InChI=1S/C4H10N6/c5-8-4-1-10(2-4)3-7-9-6/h4,8H,1-3,5H2. The Bertz CT molecular complexity index is 144. The molecule has 0 aromatic rings. The quantitative estimate of drug-likeness (QED) is 0.181. The first-order valence-electron chi connectivity index (χ1n) is 3.06. The van der Waals surface area contributed by atoms with Gasteiger partial charge < -0.3 is 0 Å². The summed E-state index contributed by atoms with van der Waals surface area (Å²) in [5.74, 6) is 5.14. The van der Waals surface area contributed by atoms with E-state index in [1.165, 1.54) is 0 Å². The van der Waals surface area contributed by atoms with Crippen LogP contribution in [0, 0.1) is 0 Å². The Balaban J connectivity index is 2.08. The molecule has 0 radical (unpaired) electrons. The van der Waals surface area contributed by atoms with Gasteiger partial charge in [0.2, 0.25) is 0 Å². The zero-order chi connectivity index (χ0) is 7.40. The SMILES string of the molecule is [N-]=[N+]=NCN1CC(NN)C1. The van der Waals surface area contributed by atoms with Crippen LogP contribution in [0.3, 0.4) is 0 Å². The third-order valence-corrected chi connectivity index (χ3v) is 1.52. The molecule has 6 heteroatoms. The van der Waals surface area contributed by atoms with Gasteiger partial charge in [-0.25, -0.2) is 0 Å². The first-order chi connectivity index (χ1) is 4.86. The van der Waals surface area contributed by atoms with E-state index >= 15 is 0 Å². The molecule has 1 aliphatic rings. The zero-order valence-electron chi connectivity index (χ0n) is 5.56. The van der Waals surface area contributed by atoms with Crippen LogP contribution in [-0.2, 0) is 0 Å². The molecular weight excluding hydrogens is 132 g/mol. The van der Waals surface area contributed by atoms with Crippen LogP contribution in [0.2, 0.25) is 0 Å². The van der Waals surface area contributed by atoms with Crippen molar-refractivity contribution in [3.63, 3.8) is 0 Å².